The molecule has 36 heteroatoms. The Labute approximate surface area is 475 Å². The molecule has 470 valence electrons. The first-order chi connectivity index (χ1) is 38.9. The summed E-state index contributed by atoms with van der Waals surface area (Å²) >= 11 is 0. The first-order valence-corrected chi connectivity index (χ1v) is 26.2. The SMILES string of the molecule is CC(=O)NC1C(OC2C(CO)OC(O)C(NC(C)=O)C2OC(C)C(=O)NC(C)C(=O)NC(CCC(=O)NC(CCCCNC(=O)C(C)N)C(=O)NC(C)C(=O)NCC(=O)NCC(=O)NCC(=O)NCC(=O)O)C(N)=O)OC(CO)C(O)C1O. The number of nitrogens with one attached hydrogen (secondary N) is 11. The van der Waals surface area contributed by atoms with Crippen LogP contribution in [-0.2, 0) is 81.3 Å². The largest absolute Gasteiger partial charge is 0.480 e. The lowest BCUT2D eigenvalue weighted by molar-refractivity contribution is -0.333. The molecule has 0 spiro atoms. The molecule has 21 N–H and O–H groups in total. The Kier molecular flexibility index (Phi) is 30.8. The number of unbranched alkanes of at least 4 members (excludes halogenated alkanes) is 1. The van der Waals surface area contributed by atoms with E-state index in [2.05, 4.69) is 53.2 Å². The fourth-order valence-corrected chi connectivity index (χ4v) is 7.88. The maximum atomic E-state index is 13.6. The number of aliphatic carboxylic acids is 1. The van der Waals surface area contributed by atoms with Crippen molar-refractivity contribution < 1.29 is 112 Å². The summed E-state index contributed by atoms with van der Waals surface area (Å²) < 4.78 is 23.2. The molecule has 2 aliphatic rings. The number of primary amides is 1. The van der Waals surface area contributed by atoms with Crippen LogP contribution in [0.15, 0.2) is 0 Å². The van der Waals surface area contributed by atoms with Gasteiger partial charge in [-0.25, -0.2) is 0 Å². The van der Waals surface area contributed by atoms with Gasteiger partial charge in [0.25, 0.3) is 0 Å². The fourth-order valence-electron chi connectivity index (χ4n) is 7.88. The number of hydrogen-bond acceptors (Lipinski definition) is 23. The topological polar surface area (TPSA) is 565 Å². The van der Waals surface area contributed by atoms with Crippen molar-refractivity contribution in [2.24, 2.45) is 11.5 Å². The van der Waals surface area contributed by atoms with Crippen molar-refractivity contribution >= 4 is 76.9 Å². The highest BCUT2D eigenvalue weighted by Gasteiger charge is 2.53. The van der Waals surface area contributed by atoms with Crippen molar-refractivity contribution in [1.82, 2.24) is 58.5 Å². The third-order valence-corrected chi connectivity index (χ3v) is 12.3. The summed E-state index contributed by atoms with van der Waals surface area (Å²) in [5.41, 5.74) is 11.1. The number of ether oxygens (including phenoxy) is 4. The number of carboxylic acids is 1. The second-order valence-corrected chi connectivity index (χ2v) is 19.4. The number of nitrogens with two attached hydrogens (primary N) is 2. The molecule has 0 aromatic carbocycles. The maximum absolute atomic E-state index is 13.6. The molecule has 0 aliphatic carbocycles. The van der Waals surface area contributed by atoms with Crippen LogP contribution in [0.25, 0.3) is 0 Å². The molecule has 12 amide bonds. The Bertz CT molecular complexity index is 2280. The number of hydrogen-bond donors (Lipinski definition) is 19. The number of carbonyl (C=O) groups excluding carboxylic acids is 12. The van der Waals surface area contributed by atoms with Gasteiger partial charge in [0.1, 0.15) is 85.5 Å². The molecular formula is C47H79N13O23. The summed E-state index contributed by atoms with van der Waals surface area (Å²) in [6, 6.07) is -9.59. The number of carbonyl (C=O) groups is 13. The number of amides is 12. The lowest BCUT2D eigenvalue weighted by Crippen LogP contribution is -2.70. The molecule has 2 rings (SSSR count). The van der Waals surface area contributed by atoms with E-state index >= 15 is 0 Å². The molecule has 16 unspecified atom stereocenters. The van der Waals surface area contributed by atoms with Crippen LogP contribution in [-0.4, -0.2) is 251 Å². The van der Waals surface area contributed by atoms with Crippen molar-refractivity contribution in [2.45, 2.75) is 171 Å². The van der Waals surface area contributed by atoms with E-state index in [0.29, 0.717) is 6.42 Å². The van der Waals surface area contributed by atoms with E-state index in [4.69, 9.17) is 35.5 Å². The zero-order chi connectivity index (χ0) is 62.8. The first kappa shape index (κ1) is 71.8. The van der Waals surface area contributed by atoms with Gasteiger partial charge in [-0.3, -0.25) is 62.3 Å². The molecule has 2 fully saturated rings. The normalized spacial score (nSPS) is 24.2. The number of aliphatic hydroxyl groups is 5. The van der Waals surface area contributed by atoms with Crippen LogP contribution in [0.2, 0.25) is 0 Å². The minimum absolute atomic E-state index is 0.0616. The first-order valence-electron chi connectivity index (χ1n) is 26.2. The monoisotopic (exact) mass is 1190 g/mol. The highest BCUT2D eigenvalue weighted by atomic mass is 16.7. The van der Waals surface area contributed by atoms with Crippen molar-refractivity contribution in [3.63, 3.8) is 0 Å². The highest BCUT2D eigenvalue weighted by molar-refractivity contribution is 5.95. The van der Waals surface area contributed by atoms with E-state index in [9.17, 15) is 87.9 Å². The Balaban J connectivity index is 2.14. The van der Waals surface area contributed by atoms with Gasteiger partial charge in [-0.1, -0.05) is 0 Å². The van der Waals surface area contributed by atoms with Crippen molar-refractivity contribution in [3.8, 4) is 0 Å². The van der Waals surface area contributed by atoms with E-state index in [1.807, 2.05) is 5.32 Å². The molecule has 0 bridgehead atoms. The van der Waals surface area contributed by atoms with Crippen LogP contribution >= 0.6 is 0 Å². The average Bonchev–Trinajstić information content (AvgIpc) is 3.57. The molecule has 36 nitrogen and oxygen atoms in total. The maximum Gasteiger partial charge on any atom is 0.322 e. The lowest BCUT2D eigenvalue weighted by Gasteiger charge is -2.48. The van der Waals surface area contributed by atoms with Gasteiger partial charge in [0.2, 0.25) is 70.9 Å². The van der Waals surface area contributed by atoms with Crippen LogP contribution in [0.4, 0.5) is 0 Å². The van der Waals surface area contributed by atoms with E-state index < -0.39 is 227 Å². The van der Waals surface area contributed by atoms with Gasteiger partial charge in [0.15, 0.2) is 12.6 Å². The van der Waals surface area contributed by atoms with Crippen molar-refractivity contribution in [3.05, 3.63) is 0 Å². The molecule has 0 aromatic heterocycles. The molecule has 16 atom stereocenters. The minimum atomic E-state index is -1.92. The lowest BCUT2D eigenvalue weighted by atomic mass is 9.94. The summed E-state index contributed by atoms with van der Waals surface area (Å²) in [4.78, 5) is 162. The zero-order valence-electron chi connectivity index (χ0n) is 46.5. The van der Waals surface area contributed by atoms with Crippen LogP contribution in [0.1, 0.15) is 73.6 Å². The summed E-state index contributed by atoms with van der Waals surface area (Å²) in [5, 5.41) is 86.6. The Hall–Kier alpha value is -7.29. The molecular weight excluding hydrogens is 1110 g/mol. The predicted molar refractivity (Wildman–Crippen MR) is 278 cm³/mol. The Morgan fingerprint density at radius 3 is 1.64 bits per heavy atom. The van der Waals surface area contributed by atoms with Gasteiger partial charge in [0.05, 0.1) is 38.9 Å². The Morgan fingerprint density at radius 2 is 1.10 bits per heavy atom. The van der Waals surface area contributed by atoms with Crippen LogP contribution < -0.4 is 70.0 Å². The summed E-state index contributed by atoms with van der Waals surface area (Å²) in [7, 11) is 0. The van der Waals surface area contributed by atoms with Gasteiger partial charge < -0.3 is 120 Å². The van der Waals surface area contributed by atoms with Gasteiger partial charge in [0, 0.05) is 26.8 Å². The van der Waals surface area contributed by atoms with Crippen LogP contribution in [0.5, 0.6) is 0 Å². The molecule has 2 aliphatic heterocycles. The fraction of sp³-hybridized carbons (Fsp3) is 0.723. The summed E-state index contributed by atoms with van der Waals surface area (Å²) in [5.74, 6) is -11.4. The van der Waals surface area contributed by atoms with E-state index in [-0.39, 0.29) is 19.4 Å². The minimum Gasteiger partial charge on any atom is -0.480 e. The summed E-state index contributed by atoms with van der Waals surface area (Å²) in [6.07, 6.45) is -15.6. The number of aliphatic hydroxyl groups excluding tert-OH is 5. The smallest absolute Gasteiger partial charge is 0.322 e. The molecule has 2 saturated heterocycles. The molecule has 83 heavy (non-hydrogen) atoms. The molecule has 0 aromatic rings. The highest BCUT2D eigenvalue weighted by Crippen LogP contribution is 2.31. The standard InChI is InChI=1S/C47H79N13O23/c1-19(48)41(74)50-12-8-7-9-26(45(78)56-20(2)42(75)54-15-32(68)52-13-30(66)51-14-31(67)53-16-33(69)70)59-29(65)11-10-25(40(49)73)60-43(76)21(3)55-44(77)22(4)80-39-35(58-24(6)64)46(79)81-28(18-62)38(39)83-47-34(57-23(5)63)37(72)36(71)27(17-61)82-47/h19-22,25-28,34-39,46-47,61-62,71-72,79H,7-18,48H2,1-6H3,(H2,49,73)(H,50,74)(H,51,66)(H,52,68)(H,53,67)(H,54,75)(H,55,77)(H,56,78)(H,57,63)(H,58,64)(H,59,65)(H,60,76)(H,69,70). The van der Waals surface area contributed by atoms with Crippen LogP contribution in [0.3, 0.4) is 0 Å². The average molecular weight is 1190 g/mol. The van der Waals surface area contributed by atoms with Gasteiger partial charge >= 0.3 is 5.97 Å². The quantitative estimate of drug-likeness (QED) is 0.0266. The second-order valence-electron chi connectivity index (χ2n) is 19.4. The zero-order valence-corrected chi connectivity index (χ0v) is 46.5. The van der Waals surface area contributed by atoms with Gasteiger partial charge in [-0.2, -0.15) is 0 Å². The molecule has 2 heterocycles. The number of carboxylic acid groups (broad SMARTS) is 1. The van der Waals surface area contributed by atoms with Crippen LogP contribution in [0, 0.1) is 0 Å². The third kappa shape index (κ3) is 25.0. The number of rotatable bonds is 34. The van der Waals surface area contributed by atoms with E-state index in [1.54, 1.807) is 0 Å². The Morgan fingerprint density at radius 1 is 0.554 bits per heavy atom. The molecule has 0 radical (unpaired) electrons. The third-order valence-electron chi connectivity index (χ3n) is 12.3. The van der Waals surface area contributed by atoms with E-state index in [0.717, 1.165) is 13.8 Å². The summed E-state index contributed by atoms with van der Waals surface area (Å²) in [6.45, 7) is 3.09. The van der Waals surface area contributed by atoms with Crippen molar-refractivity contribution in [1.29, 1.82) is 0 Å². The van der Waals surface area contributed by atoms with Gasteiger partial charge in [-0.15, -0.1) is 0 Å². The van der Waals surface area contributed by atoms with Crippen molar-refractivity contribution in [2.75, 3.05) is 45.9 Å². The van der Waals surface area contributed by atoms with E-state index in [1.165, 1.54) is 27.7 Å². The predicted octanol–water partition coefficient (Wildman–Crippen LogP) is -11.3. The van der Waals surface area contributed by atoms with Gasteiger partial charge in [-0.05, 0) is 53.4 Å². The molecule has 0 saturated carbocycles. The second kappa shape index (κ2) is 35.6.